The van der Waals surface area contributed by atoms with Crippen LogP contribution in [-0.2, 0) is 13.2 Å². The van der Waals surface area contributed by atoms with Crippen molar-refractivity contribution in [2.45, 2.75) is 27.0 Å². The van der Waals surface area contributed by atoms with E-state index in [1.165, 1.54) is 11.3 Å². The zero-order valence-corrected chi connectivity index (χ0v) is 16.0. The van der Waals surface area contributed by atoms with Gasteiger partial charge >= 0.3 is 0 Å². The molecule has 3 aromatic rings. The summed E-state index contributed by atoms with van der Waals surface area (Å²) >= 11 is 7.46. The zero-order valence-electron chi connectivity index (χ0n) is 14.4. The summed E-state index contributed by atoms with van der Waals surface area (Å²) in [5.41, 5.74) is 0.497. The Morgan fingerprint density at radius 2 is 2.12 bits per heavy atom. The molecule has 3 rings (SSSR count). The molecule has 2 heterocycles. The molecule has 1 amide bonds. The summed E-state index contributed by atoms with van der Waals surface area (Å²) in [7, 11) is 0. The van der Waals surface area contributed by atoms with E-state index in [9.17, 15) is 4.79 Å². The predicted octanol–water partition coefficient (Wildman–Crippen LogP) is 4.33. The second-order valence-corrected chi connectivity index (χ2v) is 7.34. The van der Waals surface area contributed by atoms with Gasteiger partial charge in [0.1, 0.15) is 5.75 Å². The Labute approximate surface area is 160 Å². The summed E-state index contributed by atoms with van der Waals surface area (Å²) in [5, 5.41) is 3.80. The number of nitrogens with zero attached hydrogens (tertiary/aromatic N) is 3. The van der Waals surface area contributed by atoms with E-state index in [1.54, 1.807) is 24.0 Å². The van der Waals surface area contributed by atoms with Gasteiger partial charge in [0.15, 0.2) is 6.61 Å². The van der Waals surface area contributed by atoms with Crippen LogP contribution in [0.25, 0.3) is 0 Å². The first-order valence-corrected chi connectivity index (χ1v) is 9.30. The smallest absolute Gasteiger partial charge is 0.257 e. The first-order chi connectivity index (χ1) is 12.6. The average Bonchev–Trinajstić information content (AvgIpc) is 3.25. The molecule has 0 saturated carbocycles. The number of thiophene rings is 1. The lowest BCUT2D eigenvalue weighted by molar-refractivity contribution is 0.0749. The second-order valence-electron chi connectivity index (χ2n) is 5.54. The highest BCUT2D eigenvalue weighted by Crippen LogP contribution is 2.25. The molecule has 26 heavy (non-hydrogen) atoms. The summed E-state index contributed by atoms with van der Waals surface area (Å²) in [6.45, 7) is 4.87. The molecule has 0 aliphatic carbocycles. The van der Waals surface area contributed by atoms with Crippen molar-refractivity contribution in [1.82, 2.24) is 15.0 Å². The van der Waals surface area contributed by atoms with Gasteiger partial charge in [0, 0.05) is 18.3 Å². The largest absolute Gasteiger partial charge is 0.485 e. The molecule has 6 nitrogen and oxygen atoms in total. The van der Waals surface area contributed by atoms with Crippen molar-refractivity contribution >= 4 is 28.8 Å². The van der Waals surface area contributed by atoms with Crippen molar-refractivity contribution in [2.75, 3.05) is 6.54 Å². The SMILES string of the molecule is CCN(Cc1ccc(Cl)s1)C(=O)c1ccccc1OCc1noc(C)n1. The Morgan fingerprint density at radius 1 is 1.31 bits per heavy atom. The molecule has 0 aliphatic rings. The van der Waals surface area contributed by atoms with Crippen LogP contribution in [0.3, 0.4) is 0 Å². The molecule has 0 radical (unpaired) electrons. The molecule has 8 heteroatoms. The van der Waals surface area contributed by atoms with Gasteiger partial charge in [0.2, 0.25) is 11.7 Å². The number of hydrogen-bond acceptors (Lipinski definition) is 6. The second kappa shape index (κ2) is 8.33. The summed E-state index contributed by atoms with van der Waals surface area (Å²) in [5.74, 6) is 1.30. The minimum absolute atomic E-state index is 0.100. The van der Waals surface area contributed by atoms with Crippen molar-refractivity contribution in [3.63, 3.8) is 0 Å². The van der Waals surface area contributed by atoms with Crippen LogP contribution in [0.1, 0.15) is 33.9 Å². The van der Waals surface area contributed by atoms with Gasteiger partial charge in [-0.2, -0.15) is 4.98 Å². The number of halogens is 1. The van der Waals surface area contributed by atoms with Gasteiger partial charge in [-0.05, 0) is 31.2 Å². The fraction of sp³-hybridized carbons (Fsp3) is 0.278. The lowest BCUT2D eigenvalue weighted by Crippen LogP contribution is -2.30. The summed E-state index contributed by atoms with van der Waals surface area (Å²) in [4.78, 5) is 19.9. The molecule has 2 aromatic heterocycles. The third-order valence-electron chi connectivity index (χ3n) is 3.69. The molecular weight excluding hydrogens is 374 g/mol. The lowest BCUT2D eigenvalue weighted by atomic mass is 10.1. The van der Waals surface area contributed by atoms with Crippen molar-refractivity contribution in [3.8, 4) is 5.75 Å². The number of ether oxygens (including phenoxy) is 1. The first-order valence-electron chi connectivity index (χ1n) is 8.11. The highest BCUT2D eigenvalue weighted by atomic mass is 35.5. The van der Waals surface area contributed by atoms with Crippen LogP contribution >= 0.6 is 22.9 Å². The van der Waals surface area contributed by atoms with Gasteiger partial charge in [0.25, 0.3) is 5.91 Å². The highest BCUT2D eigenvalue weighted by Gasteiger charge is 2.19. The summed E-state index contributed by atoms with van der Waals surface area (Å²) < 4.78 is 11.4. The maximum Gasteiger partial charge on any atom is 0.257 e. The summed E-state index contributed by atoms with van der Waals surface area (Å²) in [6.07, 6.45) is 0. The monoisotopic (exact) mass is 391 g/mol. The van der Waals surface area contributed by atoms with Crippen molar-refractivity contribution < 1.29 is 14.1 Å². The minimum Gasteiger partial charge on any atom is -0.485 e. The van der Waals surface area contributed by atoms with Crippen LogP contribution < -0.4 is 4.74 Å². The minimum atomic E-state index is -0.100. The topological polar surface area (TPSA) is 68.5 Å². The Morgan fingerprint density at radius 3 is 2.77 bits per heavy atom. The van der Waals surface area contributed by atoms with Gasteiger partial charge in [-0.1, -0.05) is 28.9 Å². The number of hydrogen-bond donors (Lipinski definition) is 0. The van der Waals surface area contributed by atoms with Crippen LogP contribution in [0.2, 0.25) is 4.34 Å². The lowest BCUT2D eigenvalue weighted by Gasteiger charge is -2.21. The van der Waals surface area contributed by atoms with E-state index in [2.05, 4.69) is 10.1 Å². The fourth-order valence-corrected chi connectivity index (χ4v) is 3.54. The standard InChI is InChI=1S/C18H18ClN3O3S/c1-3-22(10-13-8-9-16(19)26-13)18(23)14-6-4-5-7-15(14)24-11-17-20-12(2)25-21-17/h4-9H,3,10-11H2,1-2H3. The number of rotatable bonds is 7. The molecule has 0 aliphatic heterocycles. The molecular formula is C18H18ClN3O3S. The molecule has 0 fully saturated rings. The van der Waals surface area contributed by atoms with Crippen LogP contribution in [-0.4, -0.2) is 27.5 Å². The fourth-order valence-electron chi connectivity index (χ4n) is 2.43. The third kappa shape index (κ3) is 4.42. The van der Waals surface area contributed by atoms with Crippen LogP contribution in [0.4, 0.5) is 0 Å². The van der Waals surface area contributed by atoms with E-state index >= 15 is 0 Å². The Kier molecular flexibility index (Phi) is 5.90. The molecule has 0 atom stereocenters. The van der Waals surface area contributed by atoms with E-state index in [1.807, 2.05) is 31.2 Å². The van der Waals surface area contributed by atoms with Crippen molar-refractivity contribution in [1.29, 1.82) is 0 Å². The van der Waals surface area contributed by atoms with E-state index in [4.69, 9.17) is 20.9 Å². The maximum absolute atomic E-state index is 13.0. The molecule has 136 valence electrons. The number of carbonyl (C=O) groups excluding carboxylic acids is 1. The van der Waals surface area contributed by atoms with E-state index in [0.29, 0.717) is 40.5 Å². The number of carbonyl (C=O) groups is 1. The van der Waals surface area contributed by atoms with E-state index < -0.39 is 0 Å². The van der Waals surface area contributed by atoms with E-state index in [-0.39, 0.29) is 12.5 Å². The number of benzene rings is 1. The van der Waals surface area contributed by atoms with Gasteiger partial charge in [-0.15, -0.1) is 11.3 Å². The number of amides is 1. The van der Waals surface area contributed by atoms with Gasteiger partial charge in [-0.25, -0.2) is 0 Å². The normalized spacial score (nSPS) is 10.7. The number of aryl methyl sites for hydroxylation is 1. The molecule has 0 unspecified atom stereocenters. The van der Waals surface area contributed by atoms with Crippen molar-refractivity contribution in [3.05, 3.63) is 62.9 Å². The van der Waals surface area contributed by atoms with Crippen LogP contribution in [0, 0.1) is 6.92 Å². The quantitative estimate of drug-likeness (QED) is 0.599. The number of aromatic nitrogens is 2. The highest BCUT2D eigenvalue weighted by molar-refractivity contribution is 7.16. The van der Waals surface area contributed by atoms with Crippen molar-refractivity contribution in [2.24, 2.45) is 0 Å². The molecule has 0 N–H and O–H groups in total. The Hall–Kier alpha value is -2.38. The summed E-state index contributed by atoms with van der Waals surface area (Å²) in [6, 6.07) is 10.9. The zero-order chi connectivity index (χ0) is 18.5. The van der Waals surface area contributed by atoms with Gasteiger partial charge in [-0.3, -0.25) is 4.79 Å². The Balaban J connectivity index is 1.75. The molecule has 0 bridgehead atoms. The average molecular weight is 392 g/mol. The third-order valence-corrected chi connectivity index (χ3v) is 4.90. The predicted molar refractivity (Wildman–Crippen MR) is 99.6 cm³/mol. The van der Waals surface area contributed by atoms with Crippen LogP contribution in [0.15, 0.2) is 40.9 Å². The maximum atomic E-state index is 13.0. The van der Waals surface area contributed by atoms with Gasteiger partial charge in [0.05, 0.1) is 16.4 Å². The molecule has 0 spiro atoms. The molecule has 0 saturated heterocycles. The first kappa shape index (κ1) is 18.4. The van der Waals surface area contributed by atoms with E-state index in [0.717, 1.165) is 4.88 Å². The van der Waals surface area contributed by atoms with Crippen LogP contribution in [0.5, 0.6) is 5.75 Å². The van der Waals surface area contributed by atoms with Gasteiger partial charge < -0.3 is 14.2 Å². The Bertz CT molecular complexity index is 893. The molecule has 1 aromatic carbocycles. The number of para-hydroxylation sites is 1.